The van der Waals surface area contributed by atoms with Crippen LogP contribution in [0, 0.1) is 18.3 Å². The molecule has 5 heteroatoms. The molecule has 0 unspecified atom stereocenters. The lowest BCUT2D eigenvalue weighted by molar-refractivity contribution is -0.126. The van der Waals surface area contributed by atoms with E-state index in [4.69, 9.17) is 16.9 Å². The molecule has 0 spiro atoms. The third kappa shape index (κ3) is 2.46. The van der Waals surface area contributed by atoms with Gasteiger partial charge in [-0.15, -0.1) is 0 Å². The van der Waals surface area contributed by atoms with Crippen LogP contribution in [0.25, 0.3) is 0 Å². The number of benzene rings is 1. The number of hydrogen-bond acceptors (Lipinski definition) is 3. The Hall–Kier alpha value is -1.99. The standard InChI is InChI=1S/C17H20ClN3O/c1-5-21-10-6-9-17(21,3)16(22)20(4)14-8-7-13(11-19)15(18)12(14)2/h5,7-8H,1,6,9-10H2,2-4H3/t17-/m1/s1. The van der Waals surface area contributed by atoms with Crippen molar-refractivity contribution >= 4 is 23.2 Å². The fraction of sp³-hybridized carbons (Fsp3) is 0.412. The maximum absolute atomic E-state index is 13.0. The van der Waals surface area contributed by atoms with Gasteiger partial charge in [-0.2, -0.15) is 5.26 Å². The number of hydrogen-bond donors (Lipinski definition) is 0. The quantitative estimate of drug-likeness (QED) is 0.857. The van der Waals surface area contributed by atoms with Crippen LogP contribution in [0.4, 0.5) is 5.69 Å². The zero-order chi connectivity index (χ0) is 16.5. The van der Waals surface area contributed by atoms with Crippen molar-refractivity contribution < 1.29 is 4.79 Å². The summed E-state index contributed by atoms with van der Waals surface area (Å²) in [4.78, 5) is 16.6. The van der Waals surface area contributed by atoms with Crippen LogP contribution in [0.15, 0.2) is 24.9 Å². The highest BCUT2D eigenvalue weighted by Gasteiger charge is 2.43. The first-order valence-electron chi connectivity index (χ1n) is 7.23. The number of amides is 1. The highest BCUT2D eigenvalue weighted by molar-refractivity contribution is 6.33. The van der Waals surface area contributed by atoms with Gasteiger partial charge in [0.05, 0.1) is 10.6 Å². The topological polar surface area (TPSA) is 47.3 Å². The summed E-state index contributed by atoms with van der Waals surface area (Å²) in [7, 11) is 1.75. The Bertz CT molecular complexity index is 665. The summed E-state index contributed by atoms with van der Waals surface area (Å²) in [5, 5.41) is 9.43. The summed E-state index contributed by atoms with van der Waals surface area (Å²) < 4.78 is 0. The second-order valence-electron chi connectivity index (χ2n) is 5.80. The summed E-state index contributed by atoms with van der Waals surface area (Å²) in [6.07, 6.45) is 3.50. The minimum Gasteiger partial charge on any atom is -0.364 e. The molecule has 0 bridgehead atoms. The maximum Gasteiger partial charge on any atom is 0.252 e. The molecule has 4 nitrogen and oxygen atoms in total. The van der Waals surface area contributed by atoms with Crippen LogP contribution in [0.3, 0.4) is 0 Å². The Morgan fingerprint density at radius 1 is 1.59 bits per heavy atom. The molecule has 1 atom stereocenters. The van der Waals surface area contributed by atoms with E-state index in [-0.39, 0.29) is 5.91 Å². The van der Waals surface area contributed by atoms with E-state index < -0.39 is 5.54 Å². The average Bonchev–Trinajstić information content (AvgIpc) is 2.90. The molecular weight excluding hydrogens is 298 g/mol. The van der Waals surface area contributed by atoms with Crippen LogP contribution < -0.4 is 4.90 Å². The van der Waals surface area contributed by atoms with Crippen molar-refractivity contribution in [3.8, 4) is 6.07 Å². The zero-order valence-corrected chi connectivity index (χ0v) is 13.9. The van der Waals surface area contributed by atoms with E-state index in [9.17, 15) is 4.79 Å². The van der Waals surface area contributed by atoms with E-state index in [1.807, 2.05) is 18.7 Å². The first kappa shape index (κ1) is 16.4. The molecule has 1 aromatic rings. The number of carbonyl (C=O) groups is 1. The summed E-state index contributed by atoms with van der Waals surface area (Å²) in [6.45, 7) is 8.41. The first-order valence-corrected chi connectivity index (χ1v) is 7.61. The fourth-order valence-corrected chi connectivity index (χ4v) is 3.30. The van der Waals surface area contributed by atoms with E-state index in [1.165, 1.54) is 0 Å². The number of nitrogens with zero attached hydrogens (tertiary/aromatic N) is 3. The van der Waals surface area contributed by atoms with Crippen LogP contribution in [0.5, 0.6) is 0 Å². The van der Waals surface area contributed by atoms with Gasteiger partial charge in [-0.3, -0.25) is 4.79 Å². The van der Waals surface area contributed by atoms with Crippen LogP contribution in [-0.2, 0) is 4.79 Å². The van der Waals surface area contributed by atoms with Crippen molar-refractivity contribution in [2.24, 2.45) is 0 Å². The number of nitriles is 1. The zero-order valence-electron chi connectivity index (χ0n) is 13.2. The Balaban J connectivity index is 2.38. The molecule has 0 saturated carbocycles. The molecule has 1 saturated heterocycles. The van der Waals surface area contributed by atoms with Gasteiger partial charge in [0.2, 0.25) is 0 Å². The van der Waals surface area contributed by atoms with E-state index in [0.717, 1.165) is 30.6 Å². The number of halogens is 1. The molecule has 116 valence electrons. The van der Waals surface area contributed by atoms with Gasteiger partial charge < -0.3 is 9.80 Å². The molecule has 1 heterocycles. The van der Waals surface area contributed by atoms with Gasteiger partial charge in [-0.1, -0.05) is 18.2 Å². The van der Waals surface area contributed by atoms with Crippen LogP contribution >= 0.6 is 11.6 Å². The van der Waals surface area contributed by atoms with Gasteiger partial charge in [0, 0.05) is 19.3 Å². The smallest absolute Gasteiger partial charge is 0.252 e. The highest BCUT2D eigenvalue weighted by Crippen LogP contribution is 2.35. The van der Waals surface area contributed by atoms with Crippen LogP contribution in [0.1, 0.15) is 30.9 Å². The van der Waals surface area contributed by atoms with Gasteiger partial charge in [-0.05, 0) is 50.6 Å². The number of carbonyl (C=O) groups excluding carboxylic acids is 1. The lowest BCUT2D eigenvalue weighted by atomic mass is 9.96. The van der Waals surface area contributed by atoms with Gasteiger partial charge in [0.1, 0.15) is 11.6 Å². The van der Waals surface area contributed by atoms with Gasteiger partial charge in [0.15, 0.2) is 0 Å². The van der Waals surface area contributed by atoms with Crippen molar-refractivity contribution in [3.63, 3.8) is 0 Å². The molecule has 22 heavy (non-hydrogen) atoms. The number of rotatable bonds is 3. The molecule has 1 fully saturated rings. The minimum absolute atomic E-state index is 0.00812. The van der Waals surface area contributed by atoms with Crippen molar-refractivity contribution in [2.75, 3.05) is 18.5 Å². The normalized spacial score (nSPS) is 20.6. The van der Waals surface area contributed by atoms with Crippen LogP contribution in [0.2, 0.25) is 5.02 Å². The van der Waals surface area contributed by atoms with E-state index in [1.54, 1.807) is 30.3 Å². The predicted octanol–water partition coefficient (Wildman–Crippen LogP) is 3.48. The number of anilines is 1. The molecule has 1 aromatic carbocycles. The summed E-state index contributed by atoms with van der Waals surface area (Å²) in [5.74, 6) is 0.00812. The fourth-order valence-electron chi connectivity index (χ4n) is 3.10. The number of likely N-dealkylation sites (tertiary alicyclic amines) is 1. The first-order chi connectivity index (χ1) is 10.4. The predicted molar refractivity (Wildman–Crippen MR) is 88.9 cm³/mol. The molecule has 0 aliphatic carbocycles. The molecule has 1 aliphatic heterocycles. The second-order valence-corrected chi connectivity index (χ2v) is 6.18. The maximum atomic E-state index is 13.0. The van der Waals surface area contributed by atoms with Crippen molar-refractivity contribution in [3.05, 3.63) is 41.1 Å². The molecule has 0 radical (unpaired) electrons. The summed E-state index contributed by atoms with van der Waals surface area (Å²) >= 11 is 6.21. The second kappa shape index (κ2) is 6.02. The molecule has 1 aliphatic rings. The van der Waals surface area contributed by atoms with Crippen molar-refractivity contribution in [2.45, 2.75) is 32.2 Å². The largest absolute Gasteiger partial charge is 0.364 e. The SMILES string of the molecule is C=CN1CCC[C@]1(C)C(=O)N(C)c1ccc(C#N)c(Cl)c1C. The van der Waals surface area contributed by atoms with Gasteiger partial charge in [0.25, 0.3) is 5.91 Å². The van der Waals surface area contributed by atoms with Crippen LogP contribution in [-0.4, -0.2) is 29.9 Å². The van der Waals surface area contributed by atoms with E-state index >= 15 is 0 Å². The molecule has 0 N–H and O–H groups in total. The highest BCUT2D eigenvalue weighted by atomic mass is 35.5. The van der Waals surface area contributed by atoms with Crippen molar-refractivity contribution in [1.82, 2.24) is 4.90 Å². The summed E-state index contributed by atoms with van der Waals surface area (Å²) in [6, 6.07) is 5.47. The lowest BCUT2D eigenvalue weighted by Gasteiger charge is -2.36. The molecule has 0 aromatic heterocycles. The molecular formula is C17H20ClN3O. The minimum atomic E-state index is -0.580. The third-order valence-corrected chi connectivity index (χ3v) is 5.01. The third-order valence-electron chi connectivity index (χ3n) is 4.52. The Kier molecular flexibility index (Phi) is 4.48. The molecule has 1 amide bonds. The monoisotopic (exact) mass is 317 g/mol. The number of likely N-dealkylation sites (N-methyl/N-ethyl adjacent to an activating group) is 1. The lowest BCUT2D eigenvalue weighted by Crippen LogP contribution is -2.52. The Morgan fingerprint density at radius 3 is 2.86 bits per heavy atom. The Labute approximate surface area is 136 Å². The van der Waals surface area contributed by atoms with Gasteiger partial charge in [-0.25, -0.2) is 0 Å². The van der Waals surface area contributed by atoms with E-state index in [2.05, 4.69) is 12.6 Å². The molecule has 2 rings (SSSR count). The summed E-state index contributed by atoms with van der Waals surface area (Å²) in [5.41, 5.74) is 1.31. The van der Waals surface area contributed by atoms with Crippen molar-refractivity contribution in [1.29, 1.82) is 5.26 Å². The van der Waals surface area contributed by atoms with E-state index in [0.29, 0.717) is 10.6 Å². The van der Waals surface area contributed by atoms with Gasteiger partial charge >= 0.3 is 0 Å². The average molecular weight is 318 g/mol. The Morgan fingerprint density at radius 2 is 2.27 bits per heavy atom.